The first-order valence-electron chi connectivity index (χ1n) is 6.33. The van der Waals surface area contributed by atoms with E-state index >= 15 is 0 Å². The Morgan fingerprint density at radius 1 is 1.10 bits per heavy atom. The van der Waals surface area contributed by atoms with Gasteiger partial charge in [-0.25, -0.2) is 8.78 Å². The molecule has 0 spiro atoms. The van der Waals surface area contributed by atoms with Crippen molar-refractivity contribution in [2.45, 2.75) is 12.3 Å². The van der Waals surface area contributed by atoms with Crippen LogP contribution in [0.2, 0.25) is 0 Å². The second-order valence-corrected chi connectivity index (χ2v) is 4.57. The Hall–Kier alpha value is -1.94. The van der Waals surface area contributed by atoms with Gasteiger partial charge in [0.1, 0.15) is 5.82 Å². The van der Waals surface area contributed by atoms with Crippen LogP contribution in [0.3, 0.4) is 0 Å². The minimum absolute atomic E-state index is 0.137. The molecule has 1 atom stereocenters. The number of hydrogen-bond donors (Lipinski definition) is 1. The van der Waals surface area contributed by atoms with Crippen LogP contribution >= 0.6 is 0 Å². The van der Waals surface area contributed by atoms with E-state index in [1.54, 1.807) is 30.3 Å². The Morgan fingerprint density at radius 2 is 1.80 bits per heavy atom. The van der Waals surface area contributed by atoms with E-state index in [0.29, 0.717) is 12.0 Å². The lowest BCUT2D eigenvalue weighted by Crippen LogP contribution is -2.09. The molecule has 1 N–H and O–H groups in total. The van der Waals surface area contributed by atoms with Crippen LogP contribution in [-0.4, -0.2) is 18.8 Å². The quantitative estimate of drug-likeness (QED) is 0.909. The van der Waals surface area contributed by atoms with Crippen LogP contribution in [0.5, 0.6) is 5.75 Å². The molecule has 0 saturated heterocycles. The summed E-state index contributed by atoms with van der Waals surface area (Å²) in [6.07, 6.45) is 0.325. The van der Waals surface area contributed by atoms with Crippen LogP contribution in [0, 0.1) is 11.6 Å². The first kappa shape index (κ1) is 14.5. The molecule has 0 saturated carbocycles. The fourth-order valence-electron chi connectivity index (χ4n) is 2.16. The van der Waals surface area contributed by atoms with Crippen LogP contribution in [0.15, 0.2) is 42.5 Å². The largest absolute Gasteiger partial charge is 0.494 e. The van der Waals surface area contributed by atoms with Crippen molar-refractivity contribution in [2.75, 3.05) is 13.7 Å². The number of hydrogen-bond acceptors (Lipinski definition) is 2. The summed E-state index contributed by atoms with van der Waals surface area (Å²) in [6.45, 7) is -0.137. The van der Waals surface area contributed by atoms with E-state index < -0.39 is 5.82 Å². The average molecular weight is 278 g/mol. The summed E-state index contributed by atoms with van der Waals surface area (Å²) >= 11 is 0. The molecule has 0 bridgehead atoms. The lowest BCUT2D eigenvalue weighted by Gasteiger charge is -2.16. The summed E-state index contributed by atoms with van der Waals surface area (Å²) in [5.74, 6) is -0.857. The normalized spacial score (nSPS) is 12.2. The van der Waals surface area contributed by atoms with E-state index in [-0.39, 0.29) is 24.1 Å². The third-order valence-electron chi connectivity index (χ3n) is 3.29. The van der Waals surface area contributed by atoms with Crippen LogP contribution in [-0.2, 0) is 6.42 Å². The molecule has 2 nitrogen and oxygen atoms in total. The van der Waals surface area contributed by atoms with Crippen molar-refractivity contribution in [1.29, 1.82) is 0 Å². The smallest absolute Gasteiger partial charge is 0.168 e. The van der Waals surface area contributed by atoms with E-state index in [1.807, 2.05) is 0 Å². The minimum Gasteiger partial charge on any atom is -0.494 e. The van der Waals surface area contributed by atoms with Gasteiger partial charge in [0.25, 0.3) is 0 Å². The number of ether oxygens (including phenoxy) is 1. The van der Waals surface area contributed by atoms with Gasteiger partial charge in [-0.15, -0.1) is 0 Å². The molecule has 0 aromatic heterocycles. The van der Waals surface area contributed by atoms with Crippen LogP contribution in [0.25, 0.3) is 0 Å². The van der Waals surface area contributed by atoms with Gasteiger partial charge in [0, 0.05) is 5.92 Å². The van der Waals surface area contributed by atoms with Gasteiger partial charge in [-0.3, -0.25) is 0 Å². The lowest BCUT2D eigenvalue weighted by molar-refractivity contribution is 0.263. The van der Waals surface area contributed by atoms with Gasteiger partial charge in [-0.2, -0.15) is 0 Å². The van der Waals surface area contributed by atoms with Gasteiger partial charge in [0.15, 0.2) is 11.6 Å². The summed E-state index contributed by atoms with van der Waals surface area (Å²) in [4.78, 5) is 0. The lowest BCUT2D eigenvalue weighted by atomic mass is 9.92. The summed E-state index contributed by atoms with van der Waals surface area (Å²) in [7, 11) is 1.41. The van der Waals surface area contributed by atoms with Crippen molar-refractivity contribution < 1.29 is 18.6 Å². The van der Waals surface area contributed by atoms with Gasteiger partial charge in [-0.1, -0.05) is 24.3 Å². The number of aliphatic hydroxyl groups is 1. The predicted molar refractivity (Wildman–Crippen MR) is 72.9 cm³/mol. The van der Waals surface area contributed by atoms with E-state index in [9.17, 15) is 13.9 Å². The third-order valence-corrected chi connectivity index (χ3v) is 3.29. The summed E-state index contributed by atoms with van der Waals surface area (Å²) in [5.41, 5.74) is 1.24. The molecule has 20 heavy (non-hydrogen) atoms. The Morgan fingerprint density at radius 3 is 2.40 bits per heavy atom. The SMILES string of the molecule is COc1cccc(CC(CO)c2ccc(F)cc2)c1F. The van der Waals surface area contributed by atoms with Crippen molar-refractivity contribution >= 4 is 0 Å². The van der Waals surface area contributed by atoms with Crippen LogP contribution in [0.4, 0.5) is 8.78 Å². The summed E-state index contributed by atoms with van der Waals surface area (Å²) < 4.78 is 31.9. The highest BCUT2D eigenvalue weighted by molar-refractivity contribution is 5.33. The minimum atomic E-state index is -0.421. The van der Waals surface area contributed by atoms with E-state index in [4.69, 9.17) is 4.74 Å². The van der Waals surface area contributed by atoms with Gasteiger partial charge < -0.3 is 9.84 Å². The Kier molecular flexibility index (Phi) is 4.69. The zero-order valence-electron chi connectivity index (χ0n) is 11.1. The first-order valence-corrected chi connectivity index (χ1v) is 6.33. The topological polar surface area (TPSA) is 29.5 Å². The highest BCUT2D eigenvalue weighted by Gasteiger charge is 2.16. The molecule has 0 aliphatic heterocycles. The molecule has 0 aliphatic carbocycles. The molecule has 2 rings (SSSR count). The molecular formula is C16H16F2O2. The van der Waals surface area contributed by atoms with Crippen LogP contribution < -0.4 is 4.74 Å². The van der Waals surface area contributed by atoms with E-state index in [0.717, 1.165) is 5.56 Å². The standard InChI is InChI=1S/C16H16F2O2/c1-20-15-4-2-3-12(16(15)18)9-13(10-19)11-5-7-14(17)8-6-11/h2-8,13,19H,9-10H2,1H3. The first-order chi connectivity index (χ1) is 9.65. The molecule has 2 aromatic rings. The average Bonchev–Trinajstić information content (AvgIpc) is 2.47. The van der Waals surface area contributed by atoms with E-state index in [1.165, 1.54) is 19.2 Å². The molecule has 1 unspecified atom stereocenters. The Labute approximate surface area is 116 Å². The molecular weight excluding hydrogens is 262 g/mol. The van der Waals surface area contributed by atoms with Gasteiger partial charge in [0.2, 0.25) is 0 Å². The molecule has 0 amide bonds. The van der Waals surface area contributed by atoms with Crippen LogP contribution in [0.1, 0.15) is 17.0 Å². The maximum atomic E-state index is 14.1. The fraction of sp³-hybridized carbons (Fsp3) is 0.250. The number of methoxy groups -OCH3 is 1. The van der Waals surface area contributed by atoms with Crippen molar-refractivity contribution in [1.82, 2.24) is 0 Å². The second-order valence-electron chi connectivity index (χ2n) is 4.57. The molecule has 4 heteroatoms. The molecule has 0 fully saturated rings. The number of benzene rings is 2. The molecule has 0 aliphatic rings. The maximum Gasteiger partial charge on any atom is 0.168 e. The predicted octanol–water partition coefficient (Wildman–Crippen LogP) is 3.29. The number of rotatable bonds is 5. The molecule has 2 aromatic carbocycles. The zero-order valence-corrected chi connectivity index (χ0v) is 11.1. The van der Waals surface area contributed by atoms with Crippen molar-refractivity contribution in [3.8, 4) is 5.75 Å². The highest BCUT2D eigenvalue weighted by Crippen LogP contribution is 2.26. The third kappa shape index (κ3) is 3.14. The molecule has 0 heterocycles. The Balaban J connectivity index is 2.24. The van der Waals surface area contributed by atoms with E-state index in [2.05, 4.69) is 0 Å². The highest BCUT2D eigenvalue weighted by atomic mass is 19.1. The molecule has 0 radical (unpaired) electrons. The van der Waals surface area contributed by atoms with Crippen molar-refractivity contribution in [3.63, 3.8) is 0 Å². The number of halogens is 2. The summed E-state index contributed by atoms with van der Waals surface area (Å²) in [6, 6.07) is 10.8. The van der Waals surface area contributed by atoms with Gasteiger partial charge in [0.05, 0.1) is 13.7 Å². The number of aliphatic hydroxyl groups excluding tert-OH is 1. The zero-order chi connectivity index (χ0) is 14.5. The summed E-state index contributed by atoms with van der Waals surface area (Å²) in [5, 5.41) is 9.48. The Bertz CT molecular complexity index is 567. The van der Waals surface area contributed by atoms with Gasteiger partial charge >= 0.3 is 0 Å². The fourth-order valence-corrected chi connectivity index (χ4v) is 2.16. The molecule has 106 valence electrons. The monoisotopic (exact) mass is 278 g/mol. The van der Waals surface area contributed by atoms with Gasteiger partial charge in [-0.05, 0) is 35.7 Å². The maximum absolute atomic E-state index is 14.1. The van der Waals surface area contributed by atoms with Crippen molar-refractivity contribution in [3.05, 3.63) is 65.2 Å². The second kappa shape index (κ2) is 6.48. The van der Waals surface area contributed by atoms with Crippen molar-refractivity contribution in [2.24, 2.45) is 0 Å².